The minimum atomic E-state index is -5.64. The molecule has 9 heteroatoms. The van der Waals surface area contributed by atoms with Crippen LogP contribution in [0.5, 0.6) is 0 Å². The highest BCUT2D eigenvalue weighted by atomic mass is 32.2. The van der Waals surface area contributed by atoms with E-state index in [0.717, 1.165) is 38.5 Å². The molecule has 3 aromatic rings. The van der Waals surface area contributed by atoms with Crippen LogP contribution in [-0.2, 0) is 30.5 Å². The minimum absolute atomic E-state index is 0.0146. The first-order chi connectivity index (χ1) is 19.1. The molecule has 0 atom stereocenters. The van der Waals surface area contributed by atoms with Gasteiger partial charge >= 0.3 is 5.25 Å². The molecule has 212 valence electrons. The first-order valence-corrected chi connectivity index (χ1v) is 15.8. The van der Waals surface area contributed by atoms with E-state index < -0.39 is 27.6 Å². The third-order valence-electron chi connectivity index (χ3n) is 7.83. The quantitative estimate of drug-likeness (QED) is 0.233. The van der Waals surface area contributed by atoms with Gasteiger partial charge in [0.25, 0.3) is 6.79 Å². The van der Waals surface area contributed by atoms with Gasteiger partial charge < -0.3 is 9.29 Å². The lowest BCUT2D eigenvalue weighted by Crippen LogP contribution is -2.53. The summed E-state index contributed by atoms with van der Waals surface area (Å²) in [6.45, 7) is 3.20. The van der Waals surface area contributed by atoms with E-state index >= 15 is 0 Å². The van der Waals surface area contributed by atoms with Gasteiger partial charge in [-0.1, -0.05) is 54.6 Å². The van der Waals surface area contributed by atoms with Crippen LogP contribution in [0.3, 0.4) is 0 Å². The predicted octanol–water partition coefficient (Wildman–Crippen LogP) is 6.49. The summed E-state index contributed by atoms with van der Waals surface area (Å²) in [6, 6.07) is 32.2. The van der Waals surface area contributed by atoms with E-state index in [-0.39, 0.29) is 10.9 Å². The van der Waals surface area contributed by atoms with Crippen molar-refractivity contribution in [1.82, 2.24) is 0 Å². The second-order valence-electron chi connectivity index (χ2n) is 10.7. The molecule has 4 aliphatic carbocycles. The zero-order chi connectivity index (χ0) is 28.8. The van der Waals surface area contributed by atoms with E-state index in [1.807, 2.05) is 0 Å². The molecule has 0 aliphatic heterocycles. The molecule has 4 saturated carbocycles. The van der Waals surface area contributed by atoms with E-state index in [1.165, 1.54) is 14.7 Å². The smallest absolute Gasteiger partial charge is 0.357 e. The van der Waals surface area contributed by atoms with E-state index in [9.17, 15) is 21.8 Å². The molecule has 40 heavy (non-hydrogen) atoms. The highest BCUT2D eigenvalue weighted by molar-refractivity contribution is 7.97. The van der Waals surface area contributed by atoms with Crippen LogP contribution in [0.2, 0.25) is 0 Å². The van der Waals surface area contributed by atoms with Crippen molar-refractivity contribution in [2.45, 2.75) is 64.1 Å². The fourth-order valence-electron chi connectivity index (χ4n) is 6.60. The zero-order valence-electron chi connectivity index (χ0n) is 22.0. The molecule has 3 aromatic carbocycles. The molecule has 0 heterocycles. The summed E-state index contributed by atoms with van der Waals surface area (Å²) in [5.41, 5.74) is -0.608. The Bertz CT molecular complexity index is 1190. The Morgan fingerprint density at radius 3 is 1.38 bits per heavy atom. The highest BCUT2D eigenvalue weighted by Crippen LogP contribution is 2.57. The maximum absolute atomic E-state index is 13.2. The summed E-state index contributed by atoms with van der Waals surface area (Å²) in [6.07, 6.45) is 5.60. The number of hydrogen-bond donors (Lipinski definition) is 0. The van der Waals surface area contributed by atoms with Crippen LogP contribution in [0.4, 0.5) is 8.78 Å². The lowest BCUT2D eigenvalue weighted by atomic mass is 9.54. The molecule has 0 spiro atoms. The summed E-state index contributed by atoms with van der Waals surface area (Å²) in [4.78, 5) is 11.6. The lowest BCUT2D eigenvalue weighted by molar-refractivity contribution is -0.185. The molecule has 0 unspecified atom stereocenters. The molecule has 0 aromatic heterocycles. The van der Waals surface area contributed by atoms with E-state index in [0.29, 0.717) is 17.8 Å². The zero-order valence-corrected chi connectivity index (χ0v) is 23.6. The minimum Gasteiger partial charge on any atom is -0.743 e. The Kier molecular flexibility index (Phi) is 9.82. The molecule has 4 fully saturated rings. The number of alkyl halides is 2. The van der Waals surface area contributed by atoms with Crippen molar-refractivity contribution >= 4 is 27.8 Å². The molecule has 4 bridgehead atoms. The maximum atomic E-state index is 13.2. The van der Waals surface area contributed by atoms with Gasteiger partial charge in [-0.3, -0.25) is 4.79 Å². The van der Waals surface area contributed by atoms with Gasteiger partial charge in [-0.05, 0) is 92.7 Å². The molecule has 0 amide bonds. The van der Waals surface area contributed by atoms with Crippen molar-refractivity contribution in [3.63, 3.8) is 0 Å². The van der Waals surface area contributed by atoms with E-state index in [2.05, 4.69) is 97.8 Å². The molecule has 4 aliphatic rings. The second kappa shape index (κ2) is 12.9. The van der Waals surface area contributed by atoms with Gasteiger partial charge in [-0.25, -0.2) is 8.42 Å². The van der Waals surface area contributed by atoms with Crippen molar-refractivity contribution in [3.8, 4) is 0 Å². The van der Waals surface area contributed by atoms with Crippen molar-refractivity contribution in [3.05, 3.63) is 91.0 Å². The number of rotatable bonds is 7. The molecular formula is C31H32F2O5S2. The van der Waals surface area contributed by atoms with Gasteiger partial charge in [0.15, 0.2) is 24.8 Å². The number of carbonyl (C=O) groups excluding carboxylic acids is 1. The predicted molar refractivity (Wildman–Crippen MR) is 149 cm³/mol. The fraction of sp³-hybridized carbons (Fsp3) is 0.387. The molecule has 5 nitrogen and oxygen atoms in total. The monoisotopic (exact) mass is 586 g/mol. The number of benzene rings is 3. The molecule has 2 radical (unpaired) electrons. The number of hydrogen-bond acceptors (Lipinski definition) is 5. The van der Waals surface area contributed by atoms with Crippen LogP contribution in [0.25, 0.3) is 0 Å². The average Bonchev–Trinajstić information content (AvgIpc) is 2.94. The normalized spacial score (nSPS) is 24.9. The Morgan fingerprint density at radius 1 is 0.750 bits per heavy atom. The van der Waals surface area contributed by atoms with E-state index in [4.69, 9.17) is 9.53 Å². The third kappa shape index (κ3) is 7.18. The van der Waals surface area contributed by atoms with Gasteiger partial charge in [0, 0.05) is 0 Å². The third-order valence-corrected chi connectivity index (χ3v) is 10.9. The summed E-state index contributed by atoms with van der Waals surface area (Å²) in [5, 5.41) is -4.32. The first kappa shape index (κ1) is 30.4. The average molecular weight is 587 g/mol. The summed E-state index contributed by atoms with van der Waals surface area (Å²) < 4.78 is 63.1. The van der Waals surface area contributed by atoms with Crippen LogP contribution in [0.15, 0.2) is 106 Å². The summed E-state index contributed by atoms with van der Waals surface area (Å²) >= 11 is 0. The highest BCUT2D eigenvalue weighted by Gasteiger charge is 2.53. The van der Waals surface area contributed by atoms with Gasteiger partial charge in [0.1, 0.15) is 6.61 Å². The summed E-state index contributed by atoms with van der Waals surface area (Å²) in [5.74, 6) is 1.55. The van der Waals surface area contributed by atoms with Gasteiger partial charge in [0.05, 0.1) is 16.5 Å². The largest absolute Gasteiger partial charge is 0.743 e. The molecule has 0 N–H and O–H groups in total. The van der Waals surface area contributed by atoms with Crippen LogP contribution >= 0.6 is 0 Å². The molecule has 7 rings (SSSR count). The van der Waals surface area contributed by atoms with Crippen molar-refractivity contribution in [2.24, 2.45) is 17.8 Å². The van der Waals surface area contributed by atoms with Crippen molar-refractivity contribution in [2.75, 3.05) is 6.61 Å². The number of halogens is 2. The lowest BCUT2D eigenvalue weighted by Gasteiger charge is -2.56. The topological polar surface area (TPSA) is 83.5 Å². The molecular weight excluding hydrogens is 554 g/mol. The number of ether oxygens (including phenoxy) is 1. The second-order valence-corrected chi connectivity index (χ2v) is 14.3. The van der Waals surface area contributed by atoms with Crippen LogP contribution < -0.4 is 0 Å². The standard InChI is InChI=1S/C18H15S.C12H18F2O4S.CO/c1-4-10-16(11-5-1)19(17-12-6-2-7-13-17)18-14-8-3-9-15-18;13-12(14,19(15,16)17)7-18-11-4-8-1-9(5-11)3-10(2-8)6-11;1-2/h1-15H;8-10H,1-7H2,(H,15,16,17);/q+1;;/p-1. The summed E-state index contributed by atoms with van der Waals surface area (Å²) in [7, 11) is -5.66. The Hall–Kier alpha value is -2.59. The Labute approximate surface area is 238 Å². The molecule has 0 saturated heterocycles. The Balaban J connectivity index is 0.000000174. The van der Waals surface area contributed by atoms with Crippen LogP contribution in [-0.4, -0.2) is 37.2 Å². The maximum Gasteiger partial charge on any atom is 0.357 e. The Morgan fingerprint density at radius 2 is 1.07 bits per heavy atom. The van der Waals surface area contributed by atoms with Crippen molar-refractivity contribution < 1.29 is 31.3 Å². The van der Waals surface area contributed by atoms with Crippen LogP contribution in [0, 0.1) is 17.8 Å². The van der Waals surface area contributed by atoms with Gasteiger partial charge in [-0.15, -0.1) is 0 Å². The first-order valence-electron chi connectivity index (χ1n) is 13.2. The van der Waals surface area contributed by atoms with Crippen LogP contribution in [0.1, 0.15) is 38.5 Å². The van der Waals surface area contributed by atoms with Crippen molar-refractivity contribution in [1.29, 1.82) is 0 Å². The van der Waals surface area contributed by atoms with Gasteiger partial charge in [0.2, 0.25) is 0 Å². The van der Waals surface area contributed by atoms with Gasteiger partial charge in [-0.2, -0.15) is 8.78 Å². The van der Waals surface area contributed by atoms with E-state index in [1.54, 1.807) is 0 Å². The fourth-order valence-corrected chi connectivity index (χ4v) is 8.90. The SMILES string of the molecule is O=S(=O)([O-])C(F)(F)COC12CC3CC(CC(C3)C1)C2.[C]=O.c1ccc([S+](c2ccccc2)c2ccccc2)cc1.